The summed E-state index contributed by atoms with van der Waals surface area (Å²) in [5, 5.41) is 0. The lowest BCUT2D eigenvalue weighted by Gasteiger charge is -2.17. The minimum absolute atomic E-state index is 0.0580. The van der Waals surface area contributed by atoms with E-state index in [4.69, 9.17) is 22.7 Å². The number of fused-ring (bicyclic) bond motifs is 1. The smallest absolute Gasteiger partial charge is 0.233 e. The third-order valence-electron chi connectivity index (χ3n) is 3.83. The standard InChI is InChI=1S/C14H14N2O3S/c1-19-11-4-7(2-3-8(11)12(15)20)6-16-13(17)9-5-10(9)14(16)18/h2-4,9-10H,5-6H2,1H3,(H2,15,20). The van der Waals surface area contributed by atoms with E-state index in [9.17, 15) is 9.59 Å². The SMILES string of the molecule is COc1cc(CN2C(=O)C3CC3C2=O)ccc1C(N)=S. The quantitative estimate of drug-likeness (QED) is 0.657. The Labute approximate surface area is 121 Å². The highest BCUT2D eigenvalue weighted by molar-refractivity contribution is 7.80. The van der Waals surface area contributed by atoms with Crippen molar-refractivity contribution in [3.05, 3.63) is 29.3 Å². The van der Waals surface area contributed by atoms with Crippen LogP contribution in [0.5, 0.6) is 5.75 Å². The highest BCUT2D eigenvalue weighted by Gasteiger charge is 2.58. The van der Waals surface area contributed by atoms with Crippen LogP contribution in [-0.2, 0) is 16.1 Å². The Morgan fingerprint density at radius 1 is 1.40 bits per heavy atom. The van der Waals surface area contributed by atoms with Gasteiger partial charge >= 0.3 is 0 Å². The summed E-state index contributed by atoms with van der Waals surface area (Å²) in [6, 6.07) is 5.32. The molecule has 0 spiro atoms. The van der Waals surface area contributed by atoms with Crippen LogP contribution in [0, 0.1) is 11.8 Å². The van der Waals surface area contributed by atoms with Crippen LogP contribution < -0.4 is 10.5 Å². The third-order valence-corrected chi connectivity index (χ3v) is 4.05. The Kier molecular flexibility index (Phi) is 2.97. The highest BCUT2D eigenvalue weighted by Crippen LogP contribution is 2.47. The van der Waals surface area contributed by atoms with Crippen LogP contribution in [0.1, 0.15) is 17.5 Å². The summed E-state index contributed by atoms with van der Waals surface area (Å²) in [5.41, 5.74) is 7.08. The van der Waals surface area contributed by atoms with E-state index in [2.05, 4.69) is 0 Å². The molecule has 2 N–H and O–H groups in total. The number of nitrogens with zero attached hydrogens (tertiary/aromatic N) is 1. The Bertz CT molecular complexity index is 609. The lowest BCUT2D eigenvalue weighted by atomic mass is 10.1. The van der Waals surface area contributed by atoms with Crippen LogP contribution in [0.4, 0.5) is 0 Å². The van der Waals surface area contributed by atoms with Gasteiger partial charge in [0.2, 0.25) is 11.8 Å². The van der Waals surface area contributed by atoms with Gasteiger partial charge in [-0.05, 0) is 24.1 Å². The molecule has 1 aliphatic heterocycles. The molecule has 2 unspecified atom stereocenters. The molecule has 0 aromatic heterocycles. The molecule has 20 heavy (non-hydrogen) atoms. The lowest BCUT2D eigenvalue weighted by molar-refractivity contribution is -0.142. The van der Waals surface area contributed by atoms with Gasteiger partial charge in [0.05, 0.1) is 31.1 Å². The first-order valence-corrected chi connectivity index (χ1v) is 6.75. The van der Waals surface area contributed by atoms with Crippen LogP contribution >= 0.6 is 12.2 Å². The van der Waals surface area contributed by atoms with Crippen molar-refractivity contribution in [2.45, 2.75) is 13.0 Å². The number of carbonyl (C=O) groups excluding carboxylic acids is 2. The number of rotatable bonds is 4. The first kappa shape index (κ1) is 13.1. The number of thiocarbonyl (C=S) groups is 1. The Morgan fingerprint density at radius 3 is 2.60 bits per heavy atom. The van der Waals surface area contributed by atoms with E-state index < -0.39 is 0 Å². The Balaban J connectivity index is 1.83. The molecule has 2 atom stereocenters. The number of piperidine rings is 1. The van der Waals surface area contributed by atoms with Crippen LogP contribution in [0.2, 0.25) is 0 Å². The van der Waals surface area contributed by atoms with Crippen molar-refractivity contribution in [2.75, 3.05) is 7.11 Å². The summed E-state index contributed by atoms with van der Waals surface area (Å²) in [6.07, 6.45) is 0.720. The predicted octanol–water partition coefficient (Wildman–Crippen LogP) is 0.834. The number of nitrogens with two attached hydrogens (primary N) is 1. The Hall–Kier alpha value is -1.95. The fraction of sp³-hybridized carbons (Fsp3) is 0.357. The molecule has 0 bridgehead atoms. The second kappa shape index (κ2) is 4.56. The van der Waals surface area contributed by atoms with Gasteiger partial charge in [-0.1, -0.05) is 18.3 Å². The molecule has 2 amide bonds. The van der Waals surface area contributed by atoms with Crippen molar-refractivity contribution in [1.82, 2.24) is 4.90 Å². The van der Waals surface area contributed by atoms with E-state index in [1.54, 1.807) is 12.1 Å². The summed E-state index contributed by atoms with van der Waals surface area (Å²) in [6.45, 7) is 0.276. The van der Waals surface area contributed by atoms with E-state index >= 15 is 0 Å². The molecule has 1 aliphatic carbocycles. The van der Waals surface area contributed by atoms with Gasteiger partial charge in [0.1, 0.15) is 10.7 Å². The second-order valence-corrected chi connectivity index (χ2v) is 5.55. The zero-order valence-corrected chi connectivity index (χ0v) is 11.8. The zero-order chi connectivity index (χ0) is 14.4. The minimum atomic E-state index is -0.0692. The van der Waals surface area contributed by atoms with Gasteiger partial charge in [-0.3, -0.25) is 14.5 Å². The Morgan fingerprint density at radius 2 is 2.05 bits per heavy atom. The van der Waals surface area contributed by atoms with E-state index in [0.29, 0.717) is 11.3 Å². The first-order valence-electron chi connectivity index (χ1n) is 6.35. The maximum Gasteiger partial charge on any atom is 0.233 e. The van der Waals surface area contributed by atoms with Crippen LogP contribution in [0.25, 0.3) is 0 Å². The molecular formula is C14H14N2O3S. The van der Waals surface area contributed by atoms with Crippen molar-refractivity contribution < 1.29 is 14.3 Å². The number of carbonyl (C=O) groups is 2. The molecule has 1 aromatic carbocycles. The number of hydrogen-bond acceptors (Lipinski definition) is 4. The molecule has 3 rings (SSSR count). The second-order valence-electron chi connectivity index (χ2n) is 5.11. The first-order chi connectivity index (χ1) is 9.52. The van der Waals surface area contributed by atoms with Crippen molar-refractivity contribution in [1.29, 1.82) is 0 Å². The van der Waals surface area contributed by atoms with Gasteiger partial charge in [0.25, 0.3) is 0 Å². The van der Waals surface area contributed by atoms with E-state index in [1.165, 1.54) is 12.0 Å². The topological polar surface area (TPSA) is 72.6 Å². The average molecular weight is 290 g/mol. The largest absolute Gasteiger partial charge is 0.496 e. The van der Waals surface area contributed by atoms with Crippen molar-refractivity contribution in [2.24, 2.45) is 17.6 Å². The highest BCUT2D eigenvalue weighted by atomic mass is 32.1. The fourth-order valence-corrected chi connectivity index (χ4v) is 2.79. The summed E-state index contributed by atoms with van der Waals surface area (Å²) in [4.78, 5) is 25.4. The van der Waals surface area contributed by atoms with Crippen molar-refractivity contribution in [3.8, 4) is 5.75 Å². The number of imide groups is 1. The molecule has 2 fully saturated rings. The van der Waals surface area contributed by atoms with Gasteiger partial charge in [-0.15, -0.1) is 0 Å². The third kappa shape index (κ3) is 1.96. The van der Waals surface area contributed by atoms with Gasteiger partial charge < -0.3 is 10.5 Å². The van der Waals surface area contributed by atoms with Crippen LogP contribution in [0.15, 0.2) is 18.2 Å². The number of benzene rings is 1. The summed E-state index contributed by atoms with van der Waals surface area (Å²) >= 11 is 4.94. The maximum atomic E-state index is 11.9. The molecule has 1 aromatic rings. The summed E-state index contributed by atoms with van der Waals surface area (Å²) in [5.74, 6) is 0.301. The van der Waals surface area contributed by atoms with Gasteiger partial charge in [0, 0.05) is 0 Å². The molecule has 6 heteroatoms. The number of amides is 2. The maximum absolute atomic E-state index is 11.9. The molecule has 104 valence electrons. The van der Waals surface area contributed by atoms with E-state index in [1.807, 2.05) is 6.07 Å². The minimum Gasteiger partial charge on any atom is -0.496 e. The van der Waals surface area contributed by atoms with Crippen LogP contribution in [-0.4, -0.2) is 28.8 Å². The monoisotopic (exact) mass is 290 g/mol. The number of ether oxygens (including phenoxy) is 1. The zero-order valence-electron chi connectivity index (χ0n) is 11.0. The summed E-state index contributed by atoms with van der Waals surface area (Å²) < 4.78 is 5.24. The van der Waals surface area contributed by atoms with Gasteiger partial charge in [0.15, 0.2) is 0 Å². The molecule has 1 saturated heterocycles. The van der Waals surface area contributed by atoms with E-state index in [0.717, 1.165) is 12.0 Å². The molecule has 5 nitrogen and oxygen atoms in total. The molecular weight excluding hydrogens is 276 g/mol. The van der Waals surface area contributed by atoms with Crippen molar-refractivity contribution in [3.63, 3.8) is 0 Å². The molecule has 0 radical (unpaired) electrons. The van der Waals surface area contributed by atoms with Crippen molar-refractivity contribution >= 4 is 29.0 Å². The van der Waals surface area contributed by atoms with Gasteiger partial charge in [-0.25, -0.2) is 0 Å². The molecule has 1 heterocycles. The lowest BCUT2D eigenvalue weighted by Crippen LogP contribution is -2.32. The van der Waals surface area contributed by atoms with Crippen LogP contribution in [0.3, 0.4) is 0 Å². The summed E-state index contributed by atoms with van der Waals surface area (Å²) in [7, 11) is 1.53. The van der Waals surface area contributed by atoms with E-state index in [-0.39, 0.29) is 35.2 Å². The molecule has 2 aliphatic rings. The number of methoxy groups -OCH3 is 1. The normalized spacial score (nSPS) is 23.8. The average Bonchev–Trinajstić information content (AvgIpc) is 3.18. The predicted molar refractivity (Wildman–Crippen MR) is 76.0 cm³/mol. The molecule has 1 saturated carbocycles. The number of hydrogen-bond donors (Lipinski definition) is 1. The fourth-order valence-electron chi connectivity index (χ4n) is 2.63. The van der Waals surface area contributed by atoms with Gasteiger partial charge in [-0.2, -0.15) is 0 Å². The number of likely N-dealkylation sites (tertiary alicyclic amines) is 1.